The quantitative estimate of drug-likeness (QED) is 0.0319. The highest BCUT2D eigenvalue weighted by Gasteiger charge is 2.18. The summed E-state index contributed by atoms with van der Waals surface area (Å²) in [6.07, 6.45) is 23.5. The van der Waals surface area contributed by atoms with Crippen LogP contribution in [0.4, 0.5) is 9.59 Å². The standard InChI is InChI=1S/C44H48N2O6/c1-4-7-9-11-13-15-17-19-21-23-25-27-29-31-33-35-37-45-43(48)51-40-41(39-50-42(47)6-3)52-44(49)46-38-36-34-32-30-28-26-24-22-20-18-16-14-12-10-8-5-2/h1,6,41H,3,5,8,10,12,14,16,18,20,22,24,26,28,30,32,34,36,38-40H2,2H3,(H,45,48)(H,46,49). The first kappa shape index (κ1) is 45.8. The number of esters is 1. The average Bonchev–Trinajstić information content (AvgIpc) is 3.15. The number of ether oxygens (including phenoxy) is 3. The first-order valence-corrected chi connectivity index (χ1v) is 17.7. The number of alkyl carbamates (subject to hydrolysis) is 2. The summed E-state index contributed by atoms with van der Waals surface area (Å²) in [5.41, 5.74) is 0. The van der Waals surface area contributed by atoms with Gasteiger partial charge in [-0.3, -0.25) is 0 Å². The van der Waals surface area contributed by atoms with Crippen molar-refractivity contribution in [2.24, 2.45) is 0 Å². The van der Waals surface area contributed by atoms with Crippen LogP contribution in [-0.2, 0) is 19.0 Å². The molecule has 0 heterocycles. The summed E-state index contributed by atoms with van der Waals surface area (Å²) in [7, 11) is 0. The van der Waals surface area contributed by atoms with Crippen molar-refractivity contribution in [3.05, 3.63) is 12.7 Å². The van der Waals surface area contributed by atoms with Gasteiger partial charge in [-0.05, 0) is 53.8 Å². The summed E-state index contributed by atoms with van der Waals surface area (Å²) in [6.45, 7) is 5.30. The SMILES string of the molecule is C#CC#CC#CC#CC#CC#CC#CC#CC#CNC(=O)OCC(COC(=O)C=C)OC(=O)NCCCCCCCCCCCCCCCCCC. The Labute approximate surface area is 312 Å². The van der Waals surface area contributed by atoms with E-state index in [0.717, 1.165) is 25.3 Å². The molecule has 0 bridgehead atoms. The number of amides is 2. The van der Waals surface area contributed by atoms with Crippen molar-refractivity contribution in [3.63, 3.8) is 0 Å². The van der Waals surface area contributed by atoms with E-state index in [1.54, 1.807) is 0 Å². The fourth-order valence-electron chi connectivity index (χ4n) is 4.17. The van der Waals surface area contributed by atoms with E-state index >= 15 is 0 Å². The number of nitrogens with one attached hydrogen (secondary N) is 2. The molecule has 0 radical (unpaired) electrons. The summed E-state index contributed by atoms with van der Waals surface area (Å²) in [5.74, 6) is 37.9. The molecule has 2 amide bonds. The third kappa shape index (κ3) is 35.1. The van der Waals surface area contributed by atoms with Gasteiger partial charge in [0.25, 0.3) is 0 Å². The Hall–Kier alpha value is -6.21. The first-order valence-electron chi connectivity index (χ1n) is 17.7. The van der Waals surface area contributed by atoms with E-state index < -0.39 is 24.3 Å². The van der Waals surface area contributed by atoms with Gasteiger partial charge in [-0.2, -0.15) is 0 Å². The molecule has 0 aliphatic heterocycles. The number of hydrogen-bond donors (Lipinski definition) is 2. The van der Waals surface area contributed by atoms with Crippen molar-refractivity contribution in [1.29, 1.82) is 0 Å². The fraction of sp³-hybridized carbons (Fsp3) is 0.477. The molecule has 0 aromatic rings. The van der Waals surface area contributed by atoms with E-state index in [1.165, 1.54) is 83.5 Å². The third-order valence-electron chi connectivity index (χ3n) is 6.73. The van der Waals surface area contributed by atoms with Crippen LogP contribution in [0.3, 0.4) is 0 Å². The minimum Gasteiger partial charge on any atom is -0.458 e. The molecular formula is C44H48N2O6. The average molecular weight is 701 g/mol. The molecule has 0 aromatic heterocycles. The van der Waals surface area contributed by atoms with Crippen LogP contribution in [0.15, 0.2) is 12.7 Å². The van der Waals surface area contributed by atoms with Gasteiger partial charge in [0.15, 0.2) is 6.10 Å². The lowest BCUT2D eigenvalue weighted by Crippen LogP contribution is -2.36. The highest BCUT2D eigenvalue weighted by atomic mass is 16.6. The Morgan fingerprint density at radius 1 is 0.577 bits per heavy atom. The van der Waals surface area contributed by atoms with Gasteiger partial charge < -0.3 is 19.5 Å². The highest BCUT2D eigenvalue weighted by molar-refractivity contribution is 5.81. The van der Waals surface area contributed by atoms with Crippen LogP contribution in [0, 0.1) is 107 Å². The van der Waals surface area contributed by atoms with Crippen LogP contribution < -0.4 is 10.6 Å². The van der Waals surface area contributed by atoms with Crippen molar-refractivity contribution in [3.8, 4) is 107 Å². The van der Waals surface area contributed by atoms with Gasteiger partial charge in [-0.15, -0.1) is 6.42 Å². The molecule has 8 nitrogen and oxygen atoms in total. The molecule has 1 unspecified atom stereocenters. The van der Waals surface area contributed by atoms with E-state index in [0.29, 0.717) is 6.54 Å². The predicted octanol–water partition coefficient (Wildman–Crippen LogP) is 6.42. The van der Waals surface area contributed by atoms with E-state index in [9.17, 15) is 14.4 Å². The van der Waals surface area contributed by atoms with Crippen molar-refractivity contribution < 1.29 is 28.6 Å². The Bertz CT molecular complexity index is 1660. The maximum absolute atomic E-state index is 12.3. The van der Waals surface area contributed by atoms with Crippen LogP contribution in [0.1, 0.15) is 110 Å². The number of rotatable bonds is 23. The molecule has 0 fully saturated rings. The second-order valence-corrected chi connectivity index (χ2v) is 11.0. The summed E-state index contributed by atoms with van der Waals surface area (Å²) in [5, 5.41) is 4.85. The second kappa shape index (κ2) is 37.6. The topological polar surface area (TPSA) is 103 Å². The second-order valence-electron chi connectivity index (χ2n) is 11.0. The minimum atomic E-state index is -1.05. The largest absolute Gasteiger partial charge is 0.458 e. The zero-order valence-corrected chi connectivity index (χ0v) is 30.3. The monoisotopic (exact) mass is 700 g/mol. The first-order chi connectivity index (χ1) is 25.5. The molecule has 270 valence electrons. The Kier molecular flexibility index (Phi) is 33.1. The smallest absolute Gasteiger partial charge is 0.419 e. The Morgan fingerprint density at radius 3 is 1.42 bits per heavy atom. The van der Waals surface area contributed by atoms with Gasteiger partial charge in [-0.25, -0.2) is 19.7 Å². The molecule has 1 atom stereocenters. The lowest BCUT2D eigenvalue weighted by molar-refractivity contribution is -0.141. The normalized spacial score (nSPS) is 8.92. The highest BCUT2D eigenvalue weighted by Crippen LogP contribution is 2.13. The van der Waals surface area contributed by atoms with E-state index in [-0.39, 0.29) is 13.2 Å². The van der Waals surface area contributed by atoms with E-state index in [2.05, 4.69) is 125 Å². The van der Waals surface area contributed by atoms with Gasteiger partial charge in [0.05, 0.1) is 0 Å². The molecule has 0 saturated carbocycles. The molecule has 0 rings (SSSR count). The van der Waals surface area contributed by atoms with Crippen molar-refractivity contribution in [2.45, 2.75) is 116 Å². The Morgan fingerprint density at radius 2 is 0.981 bits per heavy atom. The molecular weight excluding hydrogens is 652 g/mol. The summed E-state index contributed by atoms with van der Waals surface area (Å²) in [6, 6.07) is 2.29. The van der Waals surface area contributed by atoms with Crippen LogP contribution >= 0.6 is 0 Å². The van der Waals surface area contributed by atoms with Gasteiger partial charge in [0.2, 0.25) is 0 Å². The van der Waals surface area contributed by atoms with E-state index in [1.807, 2.05) is 0 Å². The predicted molar refractivity (Wildman–Crippen MR) is 204 cm³/mol. The molecule has 0 aliphatic carbocycles. The number of terminal acetylenes is 1. The molecule has 0 aromatic carbocycles. The number of unbranched alkanes of at least 4 members (excludes halogenated alkanes) is 15. The zero-order chi connectivity index (χ0) is 38.0. The van der Waals surface area contributed by atoms with Crippen LogP contribution in [0.5, 0.6) is 0 Å². The molecule has 8 heteroatoms. The number of hydrogen-bond acceptors (Lipinski definition) is 6. The minimum absolute atomic E-state index is 0.333. The molecule has 2 N–H and O–H groups in total. The molecule has 52 heavy (non-hydrogen) atoms. The lowest BCUT2D eigenvalue weighted by atomic mass is 10.0. The Balaban J connectivity index is 4.29. The van der Waals surface area contributed by atoms with Crippen LogP contribution in [0.25, 0.3) is 0 Å². The summed E-state index contributed by atoms with van der Waals surface area (Å²) in [4.78, 5) is 35.8. The molecule has 0 spiro atoms. The zero-order valence-electron chi connectivity index (χ0n) is 30.3. The summed E-state index contributed by atoms with van der Waals surface area (Å²) < 4.78 is 15.3. The van der Waals surface area contributed by atoms with E-state index in [4.69, 9.17) is 20.6 Å². The van der Waals surface area contributed by atoms with Crippen molar-refractivity contribution in [1.82, 2.24) is 10.6 Å². The lowest BCUT2D eigenvalue weighted by Gasteiger charge is -2.17. The van der Waals surface area contributed by atoms with Gasteiger partial charge >= 0.3 is 18.2 Å². The maximum Gasteiger partial charge on any atom is 0.419 e. The van der Waals surface area contributed by atoms with Crippen molar-refractivity contribution in [2.75, 3.05) is 19.8 Å². The maximum atomic E-state index is 12.3. The number of carbonyl (C=O) groups is 3. The molecule has 0 saturated heterocycles. The van der Waals surface area contributed by atoms with Crippen LogP contribution in [-0.4, -0.2) is 44.0 Å². The third-order valence-corrected chi connectivity index (χ3v) is 6.73. The number of carbonyl (C=O) groups excluding carboxylic acids is 3. The molecule has 0 aliphatic rings. The van der Waals surface area contributed by atoms with Gasteiger partial charge in [0.1, 0.15) is 13.2 Å². The van der Waals surface area contributed by atoms with Gasteiger partial charge in [-0.1, -0.05) is 110 Å². The van der Waals surface area contributed by atoms with Crippen molar-refractivity contribution >= 4 is 18.2 Å². The fourth-order valence-corrected chi connectivity index (χ4v) is 4.17. The van der Waals surface area contributed by atoms with Gasteiger partial charge in [0, 0.05) is 66.0 Å². The summed E-state index contributed by atoms with van der Waals surface area (Å²) >= 11 is 0. The van der Waals surface area contributed by atoms with Crippen LogP contribution in [0.2, 0.25) is 0 Å².